The smallest absolute Gasteiger partial charge is 0.227 e. The number of amides is 1. The Morgan fingerprint density at radius 3 is 2.83 bits per heavy atom. The Morgan fingerprint density at radius 2 is 2.13 bits per heavy atom. The second-order valence-corrected chi connectivity index (χ2v) is 6.24. The predicted octanol–water partition coefficient (Wildman–Crippen LogP) is 1.90. The van der Waals surface area contributed by atoms with E-state index in [1.54, 1.807) is 6.92 Å². The fourth-order valence-corrected chi connectivity index (χ4v) is 2.36. The van der Waals surface area contributed by atoms with Gasteiger partial charge in [-0.25, -0.2) is 0 Å². The van der Waals surface area contributed by atoms with E-state index in [0.29, 0.717) is 18.2 Å². The maximum absolute atomic E-state index is 11.9. The van der Waals surface area contributed by atoms with Crippen LogP contribution in [0.1, 0.15) is 49.4 Å². The Labute approximate surface area is 134 Å². The molecule has 1 saturated carbocycles. The van der Waals surface area contributed by atoms with Gasteiger partial charge in [0.1, 0.15) is 5.60 Å². The summed E-state index contributed by atoms with van der Waals surface area (Å²) in [4.78, 5) is 16.2. The van der Waals surface area contributed by atoms with Gasteiger partial charge in [-0.3, -0.25) is 4.79 Å². The second-order valence-electron chi connectivity index (χ2n) is 6.24. The van der Waals surface area contributed by atoms with Crippen molar-refractivity contribution in [3.63, 3.8) is 0 Å². The van der Waals surface area contributed by atoms with Crippen LogP contribution < -0.4 is 5.32 Å². The zero-order valence-electron chi connectivity index (χ0n) is 13.2. The van der Waals surface area contributed by atoms with Gasteiger partial charge in [0.2, 0.25) is 11.8 Å². The maximum atomic E-state index is 11.9. The van der Waals surface area contributed by atoms with E-state index in [1.165, 1.54) is 0 Å². The van der Waals surface area contributed by atoms with Crippen LogP contribution in [0.3, 0.4) is 0 Å². The number of aliphatic hydroxyl groups is 1. The maximum Gasteiger partial charge on any atom is 0.227 e. The van der Waals surface area contributed by atoms with E-state index in [0.717, 1.165) is 24.2 Å². The van der Waals surface area contributed by atoms with Crippen LogP contribution in [0.4, 0.5) is 0 Å². The van der Waals surface area contributed by atoms with Crippen molar-refractivity contribution in [3.05, 3.63) is 47.6 Å². The summed E-state index contributed by atoms with van der Waals surface area (Å²) in [5.41, 5.74) is -0.327. The Balaban J connectivity index is 1.45. The monoisotopic (exact) mass is 315 g/mol. The summed E-state index contributed by atoms with van der Waals surface area (Å²) < 4.78 is 5.14. The van der Waals surface area contributed by atoms with Crippen LogP contribution in [0.5, 0.6) is 0 Å². The van der Waals surface area contributed by atoms with Crippen molar-refractivity contribution < 1.29 is 14.4 Å². The molecular weight excluding hydrogens is 294 g/mol. The molecule has 1 fully saturated rings. The molecule has 1 amide bonds. The molecule has 3 rings (SSSR count). The van der Waals surface area contributed by atoms with Gasteiger partial charge in [-0.05, 0) is 25.3 Å². The second kappa shape index (κ2) is 6.50. The Bertz CT molecular complexity index is 663. The summed E-state index contributed by atoms with van der Waals surface area (Å²) in [6, 6.07) is 9.28. The average Bonchev–Trinajstić information content (AvgIpc) is 3.30. The molecule has 0 bridgehead atoms. The fourth-order valence-electron chi connectivity index (χ4n) is 2.36. The van der Waals surface area contributed by atoms with Gasteiger partial charge in [0.15, 0.2) is 5.82 Å². The molecule has 1 aromatic heterocycles. The fraction of sp³-hybridized carbons (Fsp3) is 0.471. The third kappa shape index (κ3) is 4.16. The van der Waals surface area contributed by atoms with Gasteiger partial charge in [0.05, 0.1) is 6.54 Å². The van der Waals surface area contributed by atoms with Gasteiger partial charge >= 0.3 is 0 Å². The van der Waals surface area contributed by atoms with Gasteiger partial charge in [-0.1, -0.05) is 35.5 Å². The number of carbonyl (C=O) groups is 1. The van der Waals surface area contributed by atoms with Crippen LogP contribution >= 0.6 is 0 Å². The van der Waals surface area contributed by atoms with Crippen molar-refractivity contribution in [1.29, 1.82) is 0 Å². The van der Waals surface area contributed by atoms with Crippen molar-refractivity contribution in [2.45, 2.75) is 44.1 Å². The number of aryl methyl sites for hydroxylation is 1. The quantitative estimate of drug-likeness (QED) is 0.815. The van der Waals surface area contributed by atoms with Crippen molar-refractivity contribution in [1.82, 2.24) is 15.5 Å². The summed E-state index contributed by atoms with van der Waals surface area (Å²) >= 11 is 0. The highest BCUT2D eigenvalue weighted by molar-refractivity contribution is 5.76. The van der Waals surface area contributed by atoms with Crippen LogP contribution in [0.2, 0.25) is 0 Å². The lowest BCUT2D eigenvalue weighted by Gasteiger charge is -2.24. The van der Waals surface area contributed by atoms with Gasteiger partial charge in [-0.2, -0.15) is 4.98 Å². The molecule has 23 heavy (non-hydrogen) atoms. The van der Waals surface area contributed by atoms with Gasteiger partial charge in [-0.15, -0.1) is 0 Å². The van der Waals surface area contributed by atoms with Gasteiger partial charge in [0.25, 0.3) is 0 Å². The van der Waals surface area contributed by atoms with E-state index >= 15 is 0 Å². The highest BCUT2D eigenvalue weighted by atomic mass is 16.5. The first-order valence-electron chi connectivity index (χ1n) is 7.92. The van der Waals surface area contributed by atoms with E-state index in [2.05, 4.69) is 15.5 Å². The minimum absolute atomic E-state index is 0.146. The molecule has 1 aliphatic rings. The first-order valence-corrected chi connectivity index (χ1v) is 7.92. The molecular formula is C17H21N3O3. The summed E-state index contributed by atoms with van der Waals surface area (Å²) in [6.07, 6.45) is 2.91. The lowest BCUT2D eigenvalue weighted by atomic mass is 9.96. The van der Waals surface area contributed by atoms with Crippen LogP contribution in [-0.2, 0) is 16.8 Å². The minimum atomic E-state index is -1.10. The molecule has 0 spiro atoms. The highest BCUT2D eigenvalue weighted by Gasteiger charge is 2.29. The lowest BCUT2D eigenvalue weighted by molar-refractivity contribution is -0.122. The minimum Gasteiger partial charge on any atom is -0.384 e. The molecule has 0 saturated heterocycles. The standard InChI is InChI=1S/C17H21N3O3/c1-17(22,13-5-3-2-4-6-13)11-18-14(21)9-10-15-19-16(20-23-15)12-7-8-12/h2-6,12,22H,7-11H2,1H3,(H,18,21). The normalized spacial score (nSPS) is 16.8. The molecule has 1 atom stereocenters. The van der Waals surface area contributed by atoms with Crippen LogP contribution in [0, 0.1) is 0 Å². The first kappa shape index (κ1) is 15.7. The molecule has 122 valence electrons. The number of aromatic nitrogens is 2. The topological polar surface area (TPSA) is 88.2 Å². The number of rotatable bonds is 7. The largest absolute Gasteiger partial charge is 0.384 e. The lowest BCUT2D eigenvalue weighted by Crippen LogP contribution is -2.38. The predicted molar refractivity (Wildman–Crippen MR) is 83.6 cm³/mol. The molecule has 2 aromatic rings. The number of nitrogens with zero attached hydrogens (tertiary/aromatic N) is 2. The van der Waals surface area contributed by atoms with Crippen LogP contribution in [0.25, 0.3) is 0 Å². The third-order valence-electron chi connectivity index (χ3n) is 4.02. The van der Waals surface area contributed by atoms with E-state index < -0.39 is 5.60 Å². The molecule has 1 aromatic carbocycles. The zero-order valence-corrected chi connectivity index (χ0v) is 13.2. The summed E-state index contributed by atoms with van der Waals surface area (Å²) in [5, 5.41) is 17.1. The van der Waals surface area contributed by atoms with Crippen LogP contribution in [-0.4, -0.2) is 27.7 Å². The summed E-state index contributed by atoms with van der Waals surface area (Å²) in [6.45, 7) is 1.84. The van der Waals surface area contributed by atoms with Crippen molar-refractivity contribution >= 4 is 5.91 Å². The van der Waals surface area contributed by atoms with Crippen molar-refractivity contribution in [2.24, 2.45) is 0 Å². The van der Waals surface area contributed by atoms with Crippen molar-refractivity contribution in [3.8, 4) is 0 Å². The van der Waals surface area contributed by atoms with E-state index in [-0.39, 0.29) is 18.9 Å². The zero-order chi connectivity index (χ0) is 16.3. The number of carbonyl (C=O) groups excluding carboxylic acids is 1. The summed E-state index contributed by atoms with van der Waals surface area (Å²) in [7, 11) is 0. The molecule has 6 heteroatoms. The SMILES string of the molecule is CC(O)(CNC(=O)CCc1nc(C2CC2)no1)c1ccccc1. The van der Waals surface area contributed by atoms with E-state index in [4.69, 9.17) is 4.52 Å². The molecule has 6 nitrogen and oxygen atoms in total. The molecule has 0 aliphatic heterocycles. The Hall–Kier alpha value is -2.21. The number of hydrogen-bond acceptors (Lipinski definition) is 5. The molecule has 1 heterocycles. The third-order valence-corrected chi connectivity index (χ3v) is 4.02. The number of benzene rings is 1. The Morgan fingerprint density at radius 1 is 1.39 bits per heavy atom. The van der Waals surface area contributed by atoms with E-state index in [1.807, 2.05) is 30.3 Å². The van der Waals surface area contributed by atoms with Gasteiger partial charge in [0, 0.05) is 18.8 Å². The first-order chi connectivity index (χ1) is 11.0. The van der Waals surface area contributed by atoms with Gasteiger partial charge < -0.3 is 14.9 Å². The average molecular weight is 315 g/mol. The Kier molecular flexibility index (Phi) is 4.43. The molecule has 0 radical (unpaired) electrons. The number of nitrogens with one attached hydrogen (secondary N) is 1. The molecule has 1 aliphatic carbocycles. The summed E-state index contributed by atoms with van der Waals surface area (Å²) in [5.74, 6) is 1.55. The van der Waals surface area contributed by atoms with Crippen LogP contribution in [0.15, 0.2) is 34.9 Å². The molecule has 2 N–H and O–H groups in total. The van der Waals surface area contributed by atoms with Crippen molar-refractivity contribution in [2.75, 3.05) is 6.54 Å². The highest BCUT2D eigenvalue weighted by Crippen LogP contribution is 2.38. The number of hydrogen-bond donors (Lipinski definition) is 2. The van der Waals surface area contributed by atoms with E-state index in [9.17, 15) is 9.90 Å². The molecule has 1 unspecified atom stereocenters.